The van der Waals surface area contributed by atoms with Crippen molar-refractivity contribution in [2.45, 2.75) is 32.2 Å². The number of amides is 1. The van der Waals surface area contributed by atoms with E-state index in [0.29, 0.717) is 0 Å². The van der Waals surface area contributed by atoms with E-state index in [4.69, 9.17) is 5.11 Å². The van der Waals surface area contributed by atoms with Crippen molar-refractivity contribution in [1.82, 2.24) is 10.2 Å². The molecule has 0 aliphatic carbocycles. The molecule has 0 spiro atoms. The lowest BCUT2D eigenvalue weighted by atomic mass is 10.1. The Morgan fingerprint density at radius 3 is 2.40 bits per heavy atom. The predicted octanol–water partition coefficient (Wildman–Crippen LogP) is 0.0616. The molecule has 0 radical (unpaired) electrons. The summed E-state index contributed by atoms with van der Waals surface area (Å²) in [6, 6.07) is -0.575. The van der Waals surface area contributed by atoms with Gasteiger partial charge in [0.1, 0.15) is 6.04 Å². The average molecular weight is 214 g/mol. The predicted molar refractivity (Wildman–Crippen MR) is 55.5 cm³/mol. The number of nitrogens with zero attached hydrogens (tertiary/aromatic N) is 1. The van der Waals surface area contributed by atoms with E-state index in [0.717, 1.165) is 25.9 Å². The highest BCUT2D eigenvalue weighted by Gasteiger charge is 2.26. The zero-order chi connectivity index (χ0) is 11.3. The highest BCUT2D eigenvalue weighted by Crippen LogP contribution is 2.12. The van der Waals surface area contributed by atoms with Crippen LogP contribution in [0.2, 0.25) is 0 Å². The second-order valence-electron chi connectivity index (χ2n) is 3.89. The number of nitrogens with one attached hydrogen (secondary N) is 1. The summed E-state index contributed by atoms with van der Waals surface area (Å²) in [5.41, 5.74) is 0. The average Bonchev–Trinajstić information content (AvgIpc) is 2.18. The lowest BCUT2D eigenvalue weighted by Gasteiger charge is -2.31. The molecule has 1 saturated heterocycles. The van der Waals surface area contributed by atoms with E-state index in [9.17, 15) is 9.59 Å². The Morgan fingerprint density at radius 2 is 1.93 bits per heavy atom. The summed E-state index contributed by atoms with van der Waals surface area (Å²) in [6.45, 7) is 3.23. The first-order chi connectivity index (χ1) is 7.11. The normalized spacial score (nSPS) is 19.5. The third-order valence-electron chi connectivity index (χ3n) is 2.66. The Kier molecular flexibility index (Phi) is 4.55. The van der Waals surface area contributed by atoms with E-state index in [-0.39, 0.29) is 12.5 Å². The van der Waals surface area contributed by atoms with E-state index >= 15 is 0 Å². The van der Waals surface area contributed by atoms with Crippen LogP contribution in [-0.2, 0) is 9.59 Å². The van der Waals surface area contributed by atoms with Gasteiger partial charge in [-0.25, -0.2) is 0 Å². The first kappa shape index (κ1) is 12.0. The standard InChI is InChI=1S/C10H18N2O3/c1-8(13)11-7-9(10(14)15)12-5-3-2-4-6-12/h9H,2-7H2,1H3,(H,11,13)(H,14,15). The molecule has 1 rings (SSSR count). The van der Waals surface area contributed by atoms with Gasteiger partial charge in [0.05, 0.1) is 0 Å². The zero-order valence-electron chi connectivity index (χ0n) is 9.03. The number of hydrogen-bond acceptors (Lipinski definition) is 3. The Labute approximate surface area is 89.4 Å². The Morgan fingerprint density at radius 1 is 1.33 bits per heavy atom. The van der Waals surface area contributed by atoms with E-state index < -0.39 is 12.0 Å². The first-order valence-electron chi connectivity index (χ1n) is 5.32. The molecule has 1 atom stereocenters. The molecule has 86 valence electrons. The second kappa shape index (κ2) is 5.70. The third-order valence-corrected chi connectivity index (χ3v) is 2.66. The lowest BCUT2D eigenvalue weighted by molar-refractivity contribution is -0.143. The minimum Gasteiger partial charge on any atom is -0.480 e. The van der Waals surface area contributed by atoms with Crippen molar-refractivity contribution in [3.63, 3.8) is 0 Å². The van der Waals surface area contributed by atoms with Gasteiger partial charge in [-0.2, -0.15) is 0 Å². The van der Waals surface area contributed by atoms with Gasteiger partial charge in [-0.1, -0.05) is 6.42 Å². The number of carbonyl (C=O) groups is 2. The number of carbonyl (C=O) groups excluding carboxylic acids is 1. The molecule has 5 nitrogen and oxygen atoms in total. The molecule has 15 heavy (non-hydrogen) atoms. The van der Waals surface area contributed by atoms with Crippen molar-refractivity contribution in [2.75, 3.05) is 19.6 Å². The molecule has 0 bridgehead atoms. The molecule has 1 heterocycles. The molecule has 1 aliphatic heterocycles. The summed E-state index contributed by atoms with van der Waals surface area (Å²) in [7, 11) is 0. The highest BCUT2D eigenvalue weighted by atomic mass is 16.4. The van der Waals surface area contributed by atoms with Crippen LogP contribution in [0.15, 0.2) is 0 Å². The fourth-order valence-electron chi connectivity index (χ4n) is 1.84. The van der Waals surface area contributed by atoms with E-state index in [1.807, 2.05) is 4.90 Å². The van der Waals surface area contributed by atoms with Crippen LogP contribution in [0, 0.1) is 0 Å². The minimum absolute atomic E-state index is 0.182. The van der Waals surface area contributed by atoms with Crippen LogP contribution >= 0.6 is 0 Å². The summed E-state index contributed by atoms with van der Waals surface area (Å²) >= 11 is 0. The molecule has 0 aromatic heterocycles. The van der Waals surface area contributed by atoms with Crippen molar-refractivity contribution >= 4 is 11.9 Å². The zero-order valence-corrected chi connectivity index (χ0v) is 9.03. The fraction of sp³-hybridized carbons (Fsp3) is 0.800. The van der Waals surface area contributed by atoms with Gasteiger partial charge in [-0.05, 0) is 25.9 Å². The van der Waals surface area contributed by atoms with E-state index in [1.54, 1.807) is 0 Å². The summed E-state index contributed by atoms with van der Waals surface area (Å²) < 4.78 is 0. The number of carboxylic acids is 1. The largest absolute Gasteiger partial charge is 0.480 e. The van der Waals surface area contributed by atoms with E-state index in [2.05, 4.69) is 5.32 Å². The van der Waals surface area contributed by atoms with Crippen molar-refractivity contribution < 1.29 is 14.7 Å². The molecule has 1 unspecified atom stereocenters. The van der Waals surface area contributed by atoms with Gasteiger partial charge in [-0.15, -0.1) is 0 Å². The third kappa shape index (κ3) is 3.87. The summed E-state index contributed by atoms with van der Waals surface area (Å²) in [5.74, 6) is -1.04. The molecule has 1 aliphatic rings. The Bertz CT molecular complexity index is 237. The lowest BCUT2D eigenvalue weighted by Crippen LogP contribution is -2.50. The van der Waals surface area contributed by atoms with Gasteiger partial charge < -0.3 is 10.4 Å². The maximum Gasteiger partial charge on any atom is 0.322 e. The fourth-order valence-corrected chi connectivity index (χ4v) is 1.84. The van der Waals surface area contributed by atoms with Gasteiger partial charge in [0.15, 0.2) is 0 Å². The van der Waals surface area contributed by atoms with Crippen LogP contribution in [0.4, 0.5) is 0 Å². The SMILES string of the molecule is CC(=O)NCC(C(=O)O)N1CCCCC1. The Balaban J connectivity index is 2.48. The van der Waals surface area contributed by atoms with Crippen LogP contribution in [0.25, 0.3) is 0 Å². The number of aliphatic carboxylic acids is 1. The maximum absolute atomic E-state index is 11.0. The number of piperidine rings is 1. The molecule has 1 fully saturated rings. The van der Waals surface area contributed by atoms with Crippen molar-refractivity contribution in [3.05, 3.63) is 0 Å². The van der Waals surface area contributed by atoms with Crippen LogP contribution in [0.3, 0.4) is 0 Å². The van der Waals surface area contributed by atoms with Crippen molar-refractivity contribution in [1.29, 1.82) is 0 Å². The quantitative estimate of drug-likeness (QED) is 0.694. The molecule has 1 amide bonds. The van der Waals surface area contributed by atoms with E-state index in [1.165, 1.54) is 13.3 Å². The van der Waals surface area contributed by atoms with Gasteiger partial charge in [0, 0.05) is 13.5 Å². The monoisotopic (exact) mass is 214 g/mol. The van der Waals surface area contributed by atoms with Gasteiger partial charge >= 0.3 is 5.97 Å². The number of hydrogen-bond donors (Lipinski definition) is 2. The first-order valence-corrected chi connectivity index (χ1v) is 5.32. The Hall–Kier alpha value is -1.10. The molecule has 2 N–H and O–H groups in total. The molecule has 0 saturated carbocycles. The molecular weight excluding hydrogens is 196 g/mol. The number of rotatable bonds is 4. The molecule has 0 aromatic rings. The summed E-state index contributed by atoms with van der Waals surface area (Å²) in [6.07, 6.45) is 3.26. The maximum atomic E-state index is 11.0. The van der Waals surface area contributed by atoms with Crippen LogP contribution < -0.4 is 5.32 Å². The number of likely N-dealkylation sites (tertiary alicyclic amines) is 1. The van der Waals surface area contributed by atoms with Crippen LogP contribution in [0.1, 0.15) is 26.2 Å². The molecular formula is C10H18N2O3. The summed E-state index contributed by atoms with van der Waals surface area (Å²) in [4.78, 5) is 23.7. The molecule has 0 aromatic carbocycles. The smallest absolute Gasteiger partial charge is 0.322 e. The second-order valence-corrected chi connectivity index (χ2v) is 3.89. The van der Waals surface area contributed by atoms with Crippen molar-refractivity contribution in [2.24, 2.45) is 0 Å². The van der Waals surface area contributed by atoms with Crippen molar-refractivity contribution in [3.8, 4) is 0 Å². The minimum atomic E-state index is -0.856. The summed E-state index contributed by atoms with van der Waals surface area (Å²) in [5, 5.41) is 11.6. The molecule has 5 heteroatoms. The number of carboxylic acid groups (broad SMARTS) is 1. The van der Waals surface area contributed by atoms with Crippen LogP contribution in [-0.4, -0.2) is 47.6 Å². The van der Waals surface area contributed by atoms with Gasteiger partial charge in [-0.3, -0.25) is 14.5 Å². The van der Waals surface area contributed by atoms with Gasteiger partial charge in [0.25, 0.3) is 0 Å². The van der Waals surface area contributed by atoms with Gasteiger partial charge in [0.2, 0.25) is 5.91 Å². The topological polar surface area (TPSA) is 69.6 Å². The van der Waals surface area contributed by atoms with Crippen LogP contribution in [0.5, 0.6) is 0 Å². The highest BCUT2D eigenvalue weighted by molar-refractivity contribution is 5.77.